The van der Waals surface area contributed by atoms with Crippen molar-refractivity contribution in [3.8, 4) is 6.07 Å². The summed E-state index contributed by atoms with van der Waals surface area (Å²) in [5, 5.41) is 10.6. The van der Waals surface area contributed by atoms with Crippen LogP contribution in [0.5, 0.6) is 0 Å². The normalized spacial score (nSPS) is 10.8. The van der Waals surface area contributed by atoms with Gasteiger partial charge in [-0.3, -0.25) is 4.79 Å². The highest BCUT2D eigenvalue weighted by Gasteiger charge is 2.30. The SMILES string of the molecule is N#CCC(=O)Nc1ccc(C(F)(F)F)cc1Br. The van der Waals surface area contributed by atoms with Crippen molar-refractivity contribution in [1.29, 1.82) is 5.26 Å². The summed E-state index contributed by atoms with van der Waals surface area (Å²) in [5.41, 5.74) is -0.624. The molecule has 0 radical (unpaired) electrons. The molecule has 7 heteroatoms. The van der Waals surface area contributed by atoms with Gasteiger partial charge < -0.3 is 5.32 Å². The van der Waals surface area contributed by atoms with Gasteiger partial charge in [-0.05, 0) is 34.1 Å². The molecule has 0 aliphatic carbocycles. The molecular formula is C10H6BrF3N2O. The number of hydrogen-bond donors (Lipinski definition) is 1. The molecule has 3 nitrogen and oxygen atoms in total. The second-order valence-electron chi connectivity index (χ2n) is 3.08. The summed E-state index contributed by atoms with van der Waals surface area (Å²) in [5.74, 6) is -0.576. The average molecular weight is 307 g/mol. The Hall–Kier alpha value is -1.55. The number of nitriles is 1. The van der Waals surface area contributed by atoms with Gasteiger partial charge in [0.25, 0.3) is 0 Å². The first-order valence-corrected chi connectivity index (χ1v) is 5.17. The number of rotatable bonds is 2. The summed E-state index contributed by atoms with van der Waals surface area (Å²) in [6, 6.07) is 4.48. The fourth-order valence-corrected chi connectivity index (χ4v) is 1.54. The van der Waals surface area contributed by atoms with Gasteiger partial charge in [0.15, 0.2) is 0 Å². The Balaban J connectivity index is 2.92. The van der Waals surface area contributed by atoms with Gasteiger partial charge in [0, 0.05) is 4.47 Å². The Morgan fingerprint density at radius 3 is 2.59 bits per heavy atom. The van der Waals surface area contributed by atoms with E-state index in [9.17, 15) is 18.0 Å². The van der Waals surface area contributed by atoms with E-state index in [4.69, 9.17) is 5.26 Å². The minimum absolute atomic E-state index is 0.110. The Bertz CT molecular complexity index is 479. The molecule has 0 heterocycles. The van der Waals surface area contributed by atoms with E-state index < -0.39 is 17.6 Å². The monoisotopic (exact) mass is 306 g/mol. The number of hydrogen-bond acceptors (Lipinski definition) is 2. The summed E-state index contributed by atoms with van der Waals surface area (Å²) in [4.78, 5) is 11.1. The summed E-state index contributed by atoms with van der Waals surface area (Å²) >= 11 is 2.92. The fourth-order valence-electron chi connectivity index (χ4n) is 1.06. The smallest absolute Gasteiger partial charge is 0.324 e. The van der Waals surface area contributed by atoms with Crippen LogP contribution in [0.4, 0.5) is 18.9 Å². The molecule has 0 saturated carbocycles. The molecule has 1 aromatic carbocycles. The number of nitrogens with zero attached hydrogens (tertiary/aromatic N) is 1. The zero-order valence-electron chi connectivity index (χ0n) is 8.31. The largest absolute Gasteiger partial charge is 0.416 e. The van der Waals surface area contributed by atoms with Crippen molar-refractivity contribution in [3.05, 3.63) is 28.2 Å². The van der Waals surface area contributed by atoms with E-state index in [1.807, 2.05) is 0 Å². The molecule has 1 rings (SSSR count). The zero-order valence-corrected chi connectivity index (χ0v) is 9.89. The molecule has 17 heavy (non-hydrogen) atoms. The van der Waals surface area contributed by atoms with E-state index in [-0.39, 0.29) is 16.6 Å². The van der Waals surface area contributed by atoms with Crippen molar-refractivity contribution in [2.45, 2.75) is 12.6 Å². The molecular weight excluding hydrogens is 301 g/mol. The van der Waals surface area contributed by atoms with Crippen molar-refractivity contribution in [1.82, 2.24) is 0 Å². The number of alkyl halides is 3. The van der Waals surface area contributed by atoms with Crippen LogP contribution in [0, 0.1) is 11.3 Å². The lowest BCUT2D eigenvalue weighted by molar-refractivity contribution is -0.137. The second-order valence-corrected chi connectivity index (χ2v) is 3.93. The first kappa shape index (κ1) is 13.5. The molecule has 0 atom stereocenters. The van der Waals surface area contributed by atoms with Gasteiger partial charge in [0.2, 0.25) is 5.91 Å². The first-order chi connectivity index (χ1) is 7.84. The number of halogens is 4. The summed E-state index contributed by atoms with van der Waals surface area (Å²) in [7, 11) is 0. The molecule has 0 bridgehead atoms. The molecule has 0 spiro atoms. The highest BCUT2D eigenvalue weighted by Crippen LogP contribution is 2.33. The van der Waals surface area contributed by atoms with Crippen LogP contribution in [0.25, 0.3) is 0 Å². The minimum Gasteiger partial charge on any atom is -0.324 e. The summed E-state index contributed by atoms with van der Waals surface area (Å²) < 4.78 is 37.1. The van der Waals surface area contributed by atoms with Crippen LogP contribution in [0.3, 0.4) is 0 Å². The molecule has 0 aliphatic heterocycles. The van der Waals surface area contributed by atoms with E-state index >= 15 is 0 Å². The standard InChI is InChI=1S/C10H6BrF3N2O/c11-7-5-6(10(12,13)14)1-2-8(7)16-9(17)3-4-15/h1-2,5H,3H2,(H,16,17). The van der Waals surface area contributed by atoms with Crippen LogP contribution in [0.1, 0.15) is 12.0 Å². The van der Waals surface area contributed by atoms with E-state index in [2.05, 4.69) is 21.2 Å². The topological polar surface area (TPSA) is 52.9 Å². The van der Waals surface area contributed by atoms with Crippen LogP contribution in [-0.2, 0) is 11.0 Å². The summed E-state index contributed by atoms with van der Waals surface area (Å²) in [6.07, 6.45) is -4.79. The minimum atomic E-state index is -4.43. The van der Waals surface area contributed by atoms with Crippen molar-refractivity contribution in [2.24, 2.45) is 0 Å². The van der Waals surface area contributed by atoms with E-state index in [0.717, 1.165) is 18.2 Å². The van der Waals surface area contributed by atoms with Crippen molar-refractivity contribution in [3.63, 3.8) is 0 Å². The van der Waals surface area contributed by atoms with Gasteiger partial charge in [-0.2, -0.15) is 18.4 Å². The predicted octanol–water partition coefficient (Wildman–Crippen LogP) is 3.32. The fraction of sp³-hybridized carbons (Fsp3) is 0.200. The molecule has 0 aliphatic rings. The van der Waals surface area contributed by atoms with Crippen LogP contribution in [-0.4, -0.2) is 5.91 Å². The number of amides is 1. The lowest BCUT2D eigenvalue weighted by Gasteiger charge is -2.10. The third kappa shape index (κ3) is 3.75. The number of anilines is 1. The van der Waals surface area contributed by atoms with Crippen molar-refractivity contribution < 1.29 is 18.0 Å². The second kappa shape index (κ2) is 5.19. The molecule has 90 valence electrons. The quantitative estimate of drug-likeness (QED) is 0.911. The lowest BCUT2D eigenvalue weighted by atomic mass is 10.2. The third-order valence-corrected chi connectivity index (χ3v) is 2.47. The summed E-state index contributed by atoms with van der Waals surface area (Å²) in [6.45, 7) is 0. The van der Waals surface area contributed by atoms with Gasteiger partial charge >= 0.3 is 6.18 Å². The van der Waals surface area contributed by atoms with Gasteiger partial charge in [-0.25, -0.2) is 0 Å². The van der Waals surface area contributed by atoms with Crippen LogP contribution in [0.2, 0.25) is 0 Å². The number of carbonyl (C=O) groups excluding carboxylic acids is 1. The molecule has 0 fully saturated rings. The molecule has 1 amide bonds. The Kier molecular flexibility index (Phi) is 4.12. The highest BCUT2D eigenvalue weighted by molar-refractivity contribution is 9.10. The third-order valence-electron chi connectivity index (χ3n) is 1.81. The average Bonchev–Trinajstić information content (AvgIpc) is 2.20. The maximum atomic E-state index is 12.3. The van der Waals surface area contributed by atoms with Crippen LogP contribution >= 0.6 is 15.9 Å². The van der Waals surface area contributed by atoms with Crippen LogP contribution < -0.4 is 5.32 Å². The molecule has 0 aromatic heterocycles. The predicted molar refractivity (Wildman–Crippen MR) is 58.0 cm³/mol. The van der Waals surface area contributed by atoms with Crippen molar-refractivity contribution >= 4 is 27.5 Å². The Labute approximate surface area is 103 Å². The Morgan fingerprint density at radius 1 is 1.47 bits per heavy atom. The first-order valence-electron chi connectivity index (χ1n) is 4.38. The molecule has 1 aromatic rings. The highest BCUT2D eigenvalue weighted by atomic mass is 79.9. The maximum absolute atomic E-state index is 12.3. The van der Waals surface area contributed by atoms with Gasteiger partial charge in [0.1, 0.15) is 6.42 Å². The van der Waals surface area contributed by atoms with Gasteiger partial charge in [-0.15, -0.1) is 0 Å². The van der Waals surface area contributed by atoms with Crippen LogP contribution in [0.15, 0.2) is 22.7 Å². The van der Waals surface area contributed by atoms with E-state index in [1.165, 1.54) is 0 Å². The Morgan fingerprint density at radius 2 is 2.12 bits per heavy atom. The van der Waals surface area contributed by atoms with E-state index in [0.29, 0.717) is 0 Å². The molecule has 0 unspecified atom stereocenters. The van der Waals surface area contributed by atoms with E-state index in [1.54, 1.807) is 6.07 Å². The maximum Gasteiger partial charge on any atom is 0.416 e. The zero-order chi connectivity index (χ0) is 13.1. The van der Waals surface area contributed by atoms with Gasteiger partial charge in [0.05, 0.1) is 17.3 Å². The number of nitrogens with one attached hydrogen (secondary N) is 1. The lowest BCUT2D eigenvalue weighted by Crippen LogP contribution is -2.11. The molecule has 0 saturated heterocycles. The molecule has 1 N–H and O–H groups in total. The van der Waals surface area contributed by atoms with Gasteiger partial charge in [-0.1, -0.05) is 0 Å². The number of benzene rings is 1. The number of carbonyl (C=O) groups is 1. The van der Waals surface area contributed by atoms with Crippen molar-refractivity contribution in [2.75, 3.05) is 5.32 Å².